The summed E-state index contributed by atoms with van der Waals surface area (Å²) < 4.78 is 23.8. The predicted molar refractivity (Wildman–Crippen MR) is 364 cm³/mol. The number of hydrogen-bond acceptors (Lipinski definition) is 5. The number of nitrogens with zero attached hydrogens (tertiary/aromatic N) is 1. The maximum atomic E-state index is 13.1. The standard InChI is InChI=1S/C74H143N2O6P/c1-6-8-10-12-14-16-18-20-22-24-26-28-30-32-34-35-36-37-38-39-40-41-42-44-46-48-50-52-54-56-58-60-62-64-66-68-74(78)75-72(71-82-83(79,80)81-70-69-76(3,4)5)73(77)67-65-63-61-59-57-55-53-51-49-47-45-43-33-31-29-27-25-23-21-19-17-15-13-11-9-7-2/h18,20,24,26,57,59,65,67,72-73,77H,6-17,19,21-23,25,27-56,58,60-64,66,68-71H2,1-5H3,(H-,75,78,79,80)/p+1/b20-18-,26-24-,59-57+,67-65+. The lowest BCUT2D eigenvalue weighted by Crippen LogP contribution is -2.45. The third kappa shape index (κ3) is 67.8. The van der Waals surface area contributed by atoms with Crippen molar-refractivity contribution in [3.63, 3.8) is 0 Å². The lowest BCUT2D eigenvalue weighted by molar-refractivity contribution is -0.870. The van der Waals surface area contributed by atoms with Gasteiger partial charge in [-0.3, -0.25) is 13.8 Å². The summed E-state index contributed by atoms with van der Waals surface area (Å²) in [5.74, 6) is -0.179. The van der Waals surface area contributed by atoms with E-state index in [9.17, 15) is 19.4 Å². The highest BCUT2D eigenvalue weighted by atomic mass is 31.2. The maximum Gasteiger partial charge on any atom is 0.472 e. The van der Waals surface area contributed by atoms with Crippen LogP contribution in [0.1, 0.15) is 367 Å². The highest BCUT2D eigenvalue weighted by Crippen LogP contribution is 2.43. The average molecular weight is 1190 g/mol. The topological polar surface area (TPSA) is 105 Å². The zero-order chi connectivity index (χ0) is 60.5. The molecule has 8 nitrogen and oxygen atoms in total. The van der Waals surface area contributed by atoms with Gasteiger partial charge < -0.3 is 19.8 Å². The van der Waals surface area contributed by atoms with Crippen molar-refractivity contribution < 1.29 is 32.9 Å². The molecule has 0 fully saturated rings. The van der Waals surface area contributed by atoms with Gasteiger partial charge in [-0.05, 0) is 64.2 Å². The van der Waals surface area contributed by atoms with Gasteiger partial charge in [-0.2, -0.15) is 0 Å². The summed E-state index contributed by atoms with van der Waals surface area (Å²) >= 11 is 0. The molecule has 3 atom stereocenters. The third-order valence-electron chi connectivity index (χ3n) is 16.8. The molecule has 0 spiro atoms. The van der Waals surface area contributed by atoms with Gasteiger partial charge in [-0.25, -0.2) is 4.57 Å². The molecule has 0 aromatic heterocycles. The molecule has 0 bridgehead atoms. The van der Waals surface area contributed by atoms with Gasteiger partial charge >= 0.3 is 7.82 Å². The van der Waals surface area contributed by atoms with Gasteiger partial charge in [0, 0.05) is 6.42 Å². The van der Waals surface area contributed by atoms with Crippen molar-refractivity contribution in [2.45, 2.75) is 379 Å². The van der Waals surface area contributed by atoms with Crippen molar-refractivity contribution in [1.29, 1.82) is 0 Å². The van der Waals surface area contributed by atoms with Gasteiger partial charge in [0.05, 0.1) is 39.9 Å². The number of phosphoric ester groups is 1. The highest BCUT2D eigenvalue weighted by Gasteiger charge is 2.28. The van der Waals surface area contributed by atoms with Crippen LogP contribution in [0.15, 0.2) is 48.6 Å². The summed E-state index contributed by atoms with van der Waals surface area (Å²) in [6.07, 6.45) is 88.5. The number of hydrogen-bond donors (Lipinski definition) is 3. The number of nitrogens with one attached hydrogen (secondary N) is 1. The second-order valence-electron chi connectivity index (χ2n) is 26.3. The lowest BCUT2D eigenvalue weighted by atomic mass is 10.0. The van der Waals surface area contributed by atoms with E-state index in [0.29, 0.717) is 17.4 Å². The number of amides is 1. The molecule has 1 amide bonds. The maximum absolute atomic E-state index is 13.1. The fraction of sp³-hybridized carbons (Fsp3) is 0.878. The molecule has 0 aromatic carbocycles. The molecule has 490 valence electrons. The second-order valence-corrected chi connectivity index (χ2v) is 27.8. The molecule has 0 saturated heterocycles. The molecule has 83 heavy (non-hydrogen) atoms. The number of unbranched alkanes of at least 4 members (excludes halogenated alkanes) is 49. The molecule has 9 heteroatoms. The lowest BCUT2D eigenvalue weighted by Gasteiger charge is -2.25. The molecule has 0 heterocycles. The number of carbonyl (C=O) groups excluding carboxylic acids is 1. The summed E-state index contributed by atoms with van der Waals surface area (Å²) in [5.41, 5.74) is 0. The Balaban J connectivity index is 4.02. The molecule has 0 aromatic rings. The normalized spacial score (nSPS) is 13.9. The fourth-order valence-electron chi connectivity index (χ4n) is 11.1. The van der Waals surface area contributed by atoms with Gasteiger partial charge in [0.2, 0.25) is 5.91 Å². The Labute approximate surface area is 518 Å². The zero-order valence-electron chi connectivity index (χ0n) is 56.2. The van der Waals surface area contributed by atoms with E-state index < -0.39 is 20.0 Å². The number of aliphatic hydroxyl groups excluding tert-OH is 1. The smallest absolute Gasteiger partial charge is 0.387 e. The monoisotopic (exact) mass is 1190 g/mol. The highest BCUT2D eigenvalue weighted by molar-refractivity contribution is 7.47. The Morgan fingerprint density at radius 3 is 1.04 bits per heavy atom. The Hall–Kier alpha value is -1.54. The minimum atomic E-state index is -4.36. The molecule has 3 N–H and O–H groups in total. The number of rotatable bonds is 68. The Morgan fingerprint density at radius 1 is 0.410 bits per heavy atom. The van der Waals surface area contributed by atoms with Crippen LogP contribution in [0.4, 0.5) is 0 Å². The van der Waals surface area contributed by atoms with Crippen LogP contribution in [0.5, 0.6) is 0 Å². The molecular formula is C74H144N2O6P+. The number of aliphatic hydroxyl groups is 1. The molecule has 0 saturated carbocycles. The van der Waals surface area contributed by atoms with Crippen molar-refractivity contribution in [2.75, 3.05) is 40.9 Å². The second kappa shape index (κ2) is 64.9. The van der Waals surface area contributed by atoms with Gasteiger partial charge in [-0.1, -0.05) is 345 Å². The number of allylic oxidation sites excluding steroid dienone is 7. The van der Waals surface area contributed by atoms with Crippen molar-refractivity contribution in [1.82, 2.24) is 5.32 Å². The van der Waals surface area contributed by atoms with Crippen LogP contribution < -0.4 is 5.32 Å². The first-order valence-electron chi connectivity index (χ1n) is 36.5. The number of likely N-dealkylation sites (N-methyl/N-ethyl adjacent to an activating group) is 1. The van der Waals surface area contributed by atoms with Crippen LogP contribution in [0, 0.1) is 0 Å². The Bertz CT molecular complexity index is 1490. The first-order valence-corrected chi connectivity index (χ1v) is 38.0. The third-order valence-corrected chi connectivity index (χ3v) is 17.8. The zero-order valence-corrected chi connectivity index (χ0v) is 57.1. The van der Waals surface area contributed by atoms with E-state index in [4.69, 9.17) is 9.05 Å². The number of quaternary nitrogens is 1. The Kier molecular flexibility index (Phi) is 63.7. The van der Waals surface area contributed by atoms with Crippen LogP contribution in [0.25, 0.3) is 0 Å². The summed E-state index contributed by atoms with van der Waals surface area (Å²) in [6.45, 7) is 4.84. The van der Waals surface area contributed by atoms with E-state index in [-0.39, 0.29) is 19.1 Å². The van der Waals surface area contributed by atoms with Crippen LogP contribution >= 0.6 is 7.82 Å². The predicted octanol–water partition coefficient (Wildman–Crippen LogP) is 23.4. The van der Waals surface area contributed by atoms with E-state index in [0.717, 1.165) is 44.9 Å². The molecular weight excluding hydrogens is 1040 g/mol. The first-order chi connectivity index (χ1) is 40.5. The molecule has 0 aliphatic heterocycles. The largest absolute Gasteiger partial charge is 0.472 e. The summed E-state index contributed by atoms with van der Waals surface area (Å²) in [5, 5.41) is 14.0. The Morgan fingerprint density at radius 2 is 0.699 bits per heavy atom. The summed E-state index contributed by atoms with van der Waals surface area (Å²) in [6, 6.07) is -0.864. The molecule has 3 unspecified atom stereocenters. The van der Waals surface area contributed by atoms with Crippen molar-refractivity contribution in [3.8, 4) is 0 Å². The van der Waals surface area contributed by atoms with Crippen LogP contribution in [0.3, 0.4) is 0 Å². The van der Waals surface area contributed by atoms with E-state index in [1.165, 1.54) is 302 Å². The van der Waals surface area contributed by atoms with E-state index in [1.807, 2.05) is 27.2 Å². The molecule has 0 aliphatic carbocycles. The number of phosphoric acid groups is 1. The SMILES string of the molecule is CCCCCCC/C=C\C/C=C\CCCCCCCCCCCCCCCCCCCCCCCCCC(=O)NC(COP(=O)(O)OCC[N+](C)(C)C)C(O)/C=C/CC/C=C/CCCCCCCCCCCCCCCCCCCCCC. The molecule has 0 rings (SSSR count). The summed E-state index contributed by atoms with van der Waals surface area (Å²) in [4.78, 5) is 23.4. The molecule has 0 radical (unpaired) electrons. The van der Waals surface area contributed by atoms with E-state index in [2.05, 4.69) is 55.6 Å². The van der Waals surface area contributed by atoms with Crippen LogP contribution in [0.2, 0.25) is 0 Å². The van der Waals surface area contributed by atoms with Gasteiger partial charge in [-0.15, -0.1) is 0 Å². The molecule has 0 aliphatic rings. The van der Waals surface area contributed by atoms with Crippen molar-refractivity contribution in [3.05, 3.63) is 48.6 Å². The van der Waals surface area contributed by atoms with Crippen molar-refractivity contribution >= 4 is 13.7 Å². The van der Waals surface area contributed by atoms with Gasteiger partial charge in [0.1, 0.15) is 13.2 Å². The van der Waals surface area contributed by atoms with E-state index >= 15 is 0 Å². The minimum absolute atomic E-state index is 0.0576. The van der Waals surface area contributed by atoms with Crippen LogP contribution in [-0.4, -0.2) is 73.4 Å². The fourth-order valence-corrected chi connectivity index (χ4v) is 11.8. The van der Waals surface area contributed by atoms with Gasteiger partial charge in [0.25, 0.3) is 0 Å². The van der Waals surface area contributed by atoms with Gasteiger partial charge in [0.15, 0.2) is 0 Å². The average Bonchev–Trinajstić information content (AvgIpc) is 3.49. The number of carbonyl (C=O) groups is 1. The van der Waals surface area contributed by atoms with Crippen LogP contribution in [-0.2, 0) is 18.4 Å². The first kappa shape index (κ1) is 81.5. The van der Waals surface area contributed by atoms with E-state index in [1.54, 1.807) is 6.08 Å². The van der Waals surface area contributed by atoms with Crippen molar-refractivity contribution in [2.24, 2.45) is 0 Å². The quantitative estimate of drug-likeness (QED) is 0.0243. The summed E-state index contributed by atoms with van der Waals surface area (Å²) in [7, 11) is 1.57. The minimum Gasteiger partial charge on any atom is -0.387 e.